The Bertz CT molecular complexity index is 590. The van der Waals surface area contributed by atoms with Gasteiger partial charge in [-0.1, -0.05) is 22.0 Å². The average Bonchev–Trinajstić information content (AvgIpc) is 2.46. The summed E-state index contributed by atoms with van der Waals surface area (Å²) in [6.07, 6.45) is 0.641. The molecule has 1 heterocycles. The van der Waals surface area contributed by atoms with Gasteiger partial charge in [-0.05, 0) is 32.9 Å². The van der Waals surface area contributed by atoms with Crippen molar-refractivity contribution in [3.63, 3.8) is 0 Å². The smallest absolute Gasteiger partial charge is 0.307 e. The highest BCUT2D eigenvalue weighted by Crippen LogP contribution is 2.42. The number of rotatable bonds is 4. The summed E-state index contributed by atoms with van der Waals surface area (Å²) in [5, 5.41) is 0. The van der Waals surface area contributed by atoms with Crippen molar-refractivity contribution in [2.24, 2.45) is 0 Å². The minimum absolute atomic E-state index is 0.101. The molecule has 0 aromatic heterocycles. The Labute approximate surface area is 148 Å². The molecule has 1 aliphatic rings. The molecule has 1 aromatic rings. The number of carbonyl (C=O) groups excluding carboxylic acids is 1. The van der Waals surface area contributed by atoms with Crippen LogP contribution in [0, 0.1) is 0 Å². The number of esters is 1. The molecule has 0 aliphatic carbocycles. The second-order valence-corrected chi connectivity index (χ2v) is 9.44. The first-order chi connectivity index (χ1) is 10.7. The van der Waals surface area contributed by atoms with E-state index in [1.165, 1.54) is 7.11 Å². The van der Waals surface area contributed by atoms with Gasteiger partial charge < -0.3 is 14.0 Å². The Morgan fingerprint density at radius 2 is 2.22 bits per heavy atom. The van der Waals surface area contributed by atoms with Gasteiger partial charge >= 0.3 is 5.97 Å². The molecule has 0 bridgehead atoms. The third-order valence-electron chi connectivity index (χ3n) is 3.76. The highest BCUT2D eigenvalue weighted by Gasteiger charge is 2.46. The normalized spacial score (nSPS) is 22.0. The Hall–Kier alpha value is -0.760. The lowest BCUT2D eigenvalue weighted by Crippen LogP contribution is -2.54. The molecule has 7 heteroatoms. The summed E-state index contributed by atoms with van der Waals surface area (Å²) in [5.41, 5.74) is 0.0643. The van der Waals surface area contributed by atoms with Crippen LogP contribution >= 0.6 is 15.9 Å². The fourth-order valence-corrected chi connectivity index (χ4v) is 3.74. The van der Waals surface area contributed by atoms with E-state index < -0.39 is 21.6 Å². The van der Waals surface area contributed by atoms with E-state index >= 15 is 0 Å². The maximum absolute atomic E-state index is 12.7. The van der Waals surface area contributed by atoms with Gasteiger partial charge in [-0.15, -0.1) is 4.72 Å². The van der Waals surface area contributed by atoms with Crippen molar-refractivity contribution < 1.29 is 18.8 Å². The van der Waals surface area contributed by atoms with Gasteiger partial charge in [0.1, 0.15) is 16.0 Å². The number of nitrogens with one attached hydrogen (secondary N) is 1. The predicted molar refractivity (Wildman–Crippen MR) is 93.6 cm³/mol. The van der Waals surface area contributed by atoms with Crippen LogP contribution in [0.15, 0.2) is 22.7 Å². The van der Waals surface area contributed by atoms with Crippen LogP contribution in [-0.2, 0) is 26.4 Å². The van der Waals surface area contributed by atoms with Crippen molar-refractivity contribution in [3.8, 4) is 5.75 Å². The molecule has 0 fully saturated rings. The zero-order valence-electron chi connectivity index (χ0n) is 13.8. The lowest BCUT2D eigenvalue weighted by atomic mass is 9.82. The Morgan fingerprint density at radius 1 is 1.52 bits per heavy atom. The zero-order chi connectivity index (χ0) is 17.3. The largest absolute Gasteiger partial charge is 0.598 e. The highest BCUT2D eigenvalue weighted by molar-refractivity contribution is 9.10. The molecular formula is C16H22BrNO4S. The highest BCUT2D eigenvalue weighted by atomic mass is 79.9. The standard InChI is InChI=1S/C16H22BrNO4S/c1-15(2,3)23(20)18-16(10-14(19)21-4)7-8-22-13-9-11(17)5-6-12(13)16/h5-6,9,18H,7-8,10H2,1-4H3/t16-,23+/m0/s1. The van der Waals surface area contributed by atoms with E-state index in [1.54, 1.807) is 0 Å². The van der Waals surface area contributed by atoms with Crippen molar-refractivity contribution in [2.75, 3.05) is 13.7 Å². The van der Waals surface area contributed by atoms with Crippen LogP contribution in [0.1, 0.15) is 39.2 Å². The summed E-state index contributed by atoms with van der Waals surface area (Å²) in [6, 6.07) is 5.65. The molecule has 1 N–H and O–H groups in total. The Morgan fingerprint density at radius 3 is 2.83 bits per heavy atom. The molecule has 0 amide bonds. The number of fused-ring (bicyclic) bond motifs is 1. The molecule has 1 aromatic carbocycles. The monoisotopic (exact) mass is 403 g/mol. The van der Waals surface area contributed by atoms with Crippen LogP contribution in [0.2, 0.25) is 0 Å². The van der Waals surface area contributed by atoms with Crippen LogP contribution in [0.5, 0.6) is 5.75 Å². The minimum atomic E-state index is -1.33. The lowest BCUT2D eigenvalue weighted by molar-refractivity contribution is -0.142. The molecule has 0 spiro atoms. The molecule has 23 heavy (non-hydrogen) atoms. The lowest BCUT2D eigenvalue weighted by Gasteiger charge is -2.40. The van der Waals surface area contributed by atoms with Crippen LogP contribution < -0.4 is 9.46 Å². The number of ether oxygens (including phenoxy) is 2. The van der Waals surface area contributed by atoms with Crippen LogP contribution in [-0.4, -0.2) is 29.0 Å². The van der Waals surface area contributed by atoms with E-state index in [1.807, 2.05) is 39.0 Å². The van der Waals surface area contributed by atoms with Crippen molar-refractivity contribution in [3.05, 3.63) is 28.2 Å². The number of methoxy groups -OCH3 is 1. The topological polar surface area (TPSA) is 70.6 Å². The van der Waals surface area contributed by atoms with Gasteiger partial charge in [-0.25, -0.2) is 0 Å². The Balaban J connectivity index is 2.45. The molecule has 0 unspecified atom stereocenters. The number of carbonyl (C=O) groups is 1. The predicted octanol–water partition coefficient (Wildman–Crippen LogP) is 3.04. The molecule has 2 atom stereocenters. The maximum Gasteiger partial charge on any atom is 0.307 e. The van der Waals surface area contributed by atoms with Crippen molar-refractivity contribution in [1.82, 2.24) is 4.72 Å². The average molecular weight is 404 g/mol. The molecule has 1 aliphatic heterocycles. The van der Waals surface area contributed by atoms with E-state index in [4.69, 9.17) is 9.47 Å². The summed E-state index contributed by atoms with van der Waals surface area (Å²) in [4.78, 5) is 12.0. The third-order valence-corrected chi connectivity index (χ3v) is 5.95. The molecule has 0 saturated heterocycles. The first-order valence-corrected chi connectivity index (χ1v) is 9.31. The molecule has 0 saturated carbocycles. The van der Waals surface area contributed by atoms with Crippen molar-refractivity contribution in [1.29, 1.82) is 0 Å². The van der Waals surface area contributed by atoms with Crippen LogP contribution in [0.3, 0.4) is 0 Å². The van der Waals surface area contributed by atoms with Gasteiger partial charge in [-0.3, -0.25) is 4.79 Å². The van der Waals surface area contributed by atoms with Gasteiger partial charge in [0.15, 0.2) is 0 Å². The van der Waals surface area contributed by atoms with Gasteiger partial charge in [0.05, 0.1) is 20.1 Å². The fraction of sp³-hybridized carbons (Fsp3) is 0.562. The van der Waals surface area contributed by atoms with Gasteiger partial charge in [-0.2, -0.15) is 0 Å². The van der Waals surface area contributed by atoms with E-state index in [-0.39, 0.29) is 12.4 Å². The number of benzene rings is 1. The zero-order valence-corrected chi connectivity index (χ0v) is 16.2. The maximum atomic E-state index is 12.7. The number of hydrogen-bond donors (Lipinski definition) is 1. The summed E-state index contributed by atoms with van der Waals surface area (Å²) in [7, 11) is 1.36. The first kappa shape index (κ1) is 18.6. The van der Waals surface area contributed by atoms with Crippen LogP contribution in [0.25, 0.3) is 0 Å². The summed E-state index contributed by atoms with van der Waals surface area (Å²) in [6.45, 7) is 6.12. The van der Waals surface area contributed by atoms with Crippen molar-refractivity contribution >= 4 is 33.3 Å². The molecule has 2 rings (SSSR count). The second-order valence-electron chi connectivity index (χ2n) is 6.56. The van der Waals surface area contributed by atoms with Crippen molar-refractivity contribution in [2.45, 2.75) is 43.9 Å². The molecular weight excluding hydrogens is 382 g/mol. The van der Waals surface area contributed by atoms with E-state index in [0.717, 1.165) is 10.0 Å². The molecule has 5 nitrogen and oxygen atoms in total. The third kappa shape index (κ3) is 4.21. The van der Waals surface area contributed by atoms with Crippen LogP contribution in [0.4, 0.5) is 0 Å². The minimum Gasteiger partial charge on any atom is -0.598 e. The number of hydrogen-bond acceptors (Lipinski definition) is 5. The SMILES string of the molecule is COC(=O)C[C@@]1(N[S@+]([O-])C(C)(C)C)CCOc2cc(Br)ccc21. The fourth-order valence-electron chi connectivity index (χ4n) is 2.46. The van der Waals surface area contributed by atoms with E-state index in [9.17, 15) is 9.35 Å². The molecule has 128 valence electrons. The van der Waals surface area contributed by atoms with Gasteiger partial charge in [0.2, 0.25) is 0 Å². The second kappa shape index (κ2) is 7.01. The number of halogens is 1. The van der Waals surface area contributed by atoms with Gasteiger partial charge in [0, 0.05) is 27.8 Å². The van der Waals surface area contributed by atoms with E-state index in [2.05, 4.69) is 20.7 Å². The molecule has 0 radical (unpaired) electrons. The summed E-state index contributed by atoms with van der Waals surface area (Å²) in [5.74, 6) is 0.340. The first-order valence-electron chi connectivity index (χ1n) is 7.37. The van der Waals surface area contributed by atoms with E-state index in [0.29, 0.717) is 18.8 Å². The quantitative estimate of drug-likeness (QED) is 0.617. The summed E-state index contributed by atoms with van der Waals surface area (Å²) < 4.78 is 26.9. The van der Waals surface area contributed by atoms with Gasteiger partial charge in [0.25, 0.3) is 0 Å². The summed E-state index contributed by atoms with van der Waals surface area (Å²) >= 11 is 2.09. The Kier molecular flexibility index (Phi) is 5.66.